The van der Waals surface area contributed by atoms with Crippen LogP contribution in [0.4, 0.5) is 0 Å². The van der Waals surface area contributed by atoms with Crippen molar-refractivity contribution in [2.75, 3.05) is 13.7 Å². The van der Waals surface area contributed by atoms with Crippen LogP contribution in [0.3, 0.4) is 0 Å². The summed E-state index contributed by atoms with van der Waals surface area (Å²) in [6.07, 6.45) is 3.58. The van der Waals surface area contributed by atoms with Crippen LogP contribution in [0, 0.1) is 0 Å². The number of amides is 1. The number of hydrogen-bond acceptors (Lipinski definition) is 3. The minimum atomic E-state index is -0.903. The SMILES string of the molecule is COc1ccc(C2(C(=O)NCCC(=O)O)CCCC2)cc1. The van der Waals surface area contributed by atoms with E-state index in [0.717, 1.165) is 37.0 Å². The van der Waals surface area contributed by atoms with E-state index in [2.05, 4.69) is 5.32 Å². The van der Waals surface area contributed by atoms with Crippen LogP contribution in [0.25, 0.3) is 0 Å². The largest absolute Gasteiger partial charge is 0.497 e. The van der Waals surface area contributed by atoms with Gasteiger partial charge in [-0.25, -0.2) is 0 Å². The molecule has 0 spiro atoms. The van der Waals surface area contributed by atoms with Crippen LogP contribution in [0.15, 0.2) is 24.3 Å². The van der Waals surface area contributed by atoms with Gasteiger partial charge in [0.05, 0.1) is 18.9 Å². The second-order valence-electron chi connectivity index (χ2n) is 5.42. The molecule has 2 rings (SSSR count). The van der Waals surface area contributed by atoms with Gasteiger partial charge in [0.2, 0.25) is 5.91 Å². The lowest BCUT2D eigenvalue weighted by molar-refractivity contribution is -0.137. The number of hydrogen-bond donors (Lipinski definition) is 2. The van der Waals surface area contributed by atoms with Crippen LogP contribution >= 0.6 is 0 Å². The third kappa shape index (κ3) is 3.35. The molecule has 5 nitrogen and oxygen atoms in total. The molecule has 21 heavy (non-hydrogen) atoms. The van der Waals surface area contributed by atoms with E-state index in [4.69, 9.17) is 9.84 Å². The fourth-order valence-corrected chi connectivity index (χ4v) is 2.99. The first-order valence-electron chi connectivity index (χ1n) is 7.23. The van der Waals surface area contributed by atoms with E-state index in [-0.39, 0.29) is 18.9 Å². The fourth-order valence-electron chi connectivity index (χ4n) is 2.99. The van der Waals surface area contributed by atoms with E-state index < -0.39 is 11.4 Å². The first-order chi connectivity index (χ1) is 10.1. The van der Waals surface area contributed by atoms with E-state index >= 15 is 0 Å². The average Bonchev–Trinajstić information content (AvgIpc) is 2.97. The molecule has 0 unspecified atom stereocenters. The van der Waals surface area contributed by atoms with Crippen LogP contribution in [0.5, 0.6) is 5.75 Å². The van der Waals surface area contributed by atoms with Crippen molar-refractivity contribution >= 4 is 11.9 Å². The Morgan fingerprint density at radius 3 is 2.38 bits per heavy atom. The predicted octanol–water partition coefficient (Wildman–Crippen LogP) is 2.10. The van der Waals surface area contributed by atoms with Crippen LogP contribution in [0.2, 0.25) is 0 Å². The van der Waals surface area contributed by atoms with E-state index in [9.17, 15) is 9.59 Å². The summed E-state index contributed by atoms with van der Waals surface area (Å²) in [5.41, 5.74) is 0.457. The van der Waals surface area contributed by atoms with Gasteiger partial charge in [0, 0.05) is 6.54 Å². The number of nitrogens with one attached hydrogen (secondary N) is 1. The molecular weight excluding hydrogens is 270 g/mol. The third-order valence-electron chi connectivity index (χ3n) is 4.16. The Morgan fingerprint density at radius 2 is 1.86 bits per heavy atom. The van der Waals surface area contributed by atoms with Gasteiger partial charge in [0.15, 0.2) is 0 Å². The van der Waals surface area contributed by atoms with Crippen molar-refractivity contribution in [1.82, 2.24) is 5.32 Å². The summed E-state index contributed by atoms with van der Waals surface area (Å²) in [5, 5.41) is 11.4. The summed E-state index contributed by atoms with van der Waals surface area (Å²) in [4.78, 5) is 23.1. The lowest BCUT2D eigenvalue weighted by Crippen LogP contribution is -2.43. The van der Waals surface area contributed by atoms with Gasteiger partial charge >= 0.3 is 5.97 Å². The third-order valence-corrected chi connectivity index (χ3v) is 4.16. The van der Waals surface area contributed by atoms with Gasteiger partial charge in [-0.2, -0.15) is 0 Å². The van der Waals surface area contributed by atoms with E-state index in [1.54, 1.807) is 7.11 Å². The van der Waals surface area contributed by atoms with Gasteiger partial charge in [0.25, 0.3) is 0 Å². The molecular formula is C16H21NO4. The smallest absolute Gasteiger partial charge is 0.305 e. The normalized spacial score (nSPS) is 16.4. The minimum absolute atomic E-state index is 0.0512. The van der Waals surface area contributed by atoms with Gasteiger partial charge in [-0.3, -0.25) is 9.59 Å². The first kappa shape index (κ1) is 15.4. The summed E-state index contributed by atoms with van der Waals surface area (Å²) in [7, 11) is 1.61. The first-order valence-corrected chi connectivity index (χ1v) is 7.23. The van der Waals surface area contributed by atoms with Gasteiger partial charge in [0.1, 0.15) is 5.75 Å². The van der Waals surface area contributed by atoms with Crippen molar-refractivity contribution in [1.29, 1.82) is 0 Å². The Hall–Kier alpha value is -2.04. The highest BCUT2D eigenvalue weighted by Gasteiger charge is 2.42. The lowest BCUT2D eigenvalue weighted by atomic mass is 9.78. The van der Waals surface area contributed by atoms with Crippen molar-refractivity contribution in [2.45, 2.75) is 37.5 Å². The molecule has 0 aliphatic heterocycles. The molecule has 1 aromatic carbocycles. The standard InChI is InChI=1S/C16H21NO4/c1-21-13-6-4-12(5-7-13)16(9-2-3-10-16)15(20)17-11-8-14(18)19/h4-7H,2-3,8-11H2,1H3,(H,17,20)(H,18,19). The number of aliphatic carboxylic acids is 1. The Balaban J connectivity index is 2.15. The predicted molar refractivity (Wildman–Crippen MR) is 78.4 cm³/mol. The maximum atomic E-state index is 12.6. The number of methoxy groups -OCH3 is 1. The van der Waals surface area contributed by atoms with Crippen LogP contribution in [0.1, 0.15) is 37.7 Å². The minimum Gasteiger partial charge on any atom is -0.497 e. The molecule has 5 heteroatoms. The molecule has 1 fully saturated rings. The molecule has 0 heterocycles. The Bertz CT molecular complexity index is 504. The summed E-state index contributed by atoms with van der Waals surface area (Å²) >= 11 is 0. The summed E-state index contributed by atoms with van der Waals surface area (Å²) in [6.45, 7) is 0.173. The van der Waals surface area contributed by atoms with Crippen molar-refractivity contribution in [3.05, 3.63) is 29.8 Å². The highest BCUT2D eigenvalue weighted by Crippen LogP contribution is 2.41. The molecule has 1 aliphatic rings. The molecule has 0 saturated heterocycles. The molecule has 1 aromatic rings. The number of ether oxygens (including phenoxy) is 1. The average molecular weight is 291 g/mol. The number of rotatable bonds is 6. The zero-order valence-electron chi connectivity index (χ0n) is 12.2. The maximum Gasteiger partial charge on any atom is 0.305 e. The van der Waals surface area contributed by atoms with Crippen LogP contribution in [-0.4, -0.2) is 30.6 Å². The van der Waals surface area contributed by atoms with Gasteiger partial charge in [-0.15, -0.1) is 0 Å². The van der Waals surface area contributed by atoms with Crippen molar-refractivity contribution in [3.63, 3.8) is 0 Å². The highest BCUT2D eigenvalue weighted by atomic mass is 16.5. The van der Waals surface area contributed by atoms with Gasteiger partial charge in [-0.05, 0) is 30.5 Å². The van der Waals surface area contributed by atoms with Crippen molar-refractivity contribution < 1.29 is 19.4 Å². The van der Waals surface area contributed by atoms with Crippen molar-refractivity contribution in [3.8, 4) is 5.75 Å². The Kier molecular flexibility index (Phi) is 4.83. The van der Waals surface area contributed by atoms with Crippen molar-refractivity contribution in [2.24, 2.45) is 0 Å². The lowest BCUT2D eigenvalue weighted by Gasteiger charge is -2.28. The highest BCUT2D eigenvalue weighted by molar-refractivity contribution is 5.88. The van der Waals surface area contributed by atoms with E-state index in [1.165, 1.54) is 0 Å². The monoisotopic (exact) mass is 291 g/mol. The summed E-state index contributed by atoms with van der Waals surface area (Å²) in [5.74, 6) is -0.204. The molecule has 114 valence electrons. The second-order valence-corrected chi connectivity index (χ2v) is 5.42. The number of carbonyl (C=O) groups is 2. The molecule has 0 radical (unpaired) electrons. The second kappa shape index (κ2) is 6.61. The molecule has 1 amide bonds. The zero-order chi connectivity index (χ0) is 15.3. The molecule has 1 saturated carbocycles. The zero-order valence-corrected chi connectivity index (χ0v) is 12.2. The molecule has 0 atom stereocenters. The topological polar surface area (TPSA) is 75.6 Å². The van der Waals surface area contributed by atoms with Crippen LogP contribution in [-0.2, 0) is 15.0 Å². The van der Waals surface area contributed by atoms with Crippen LogP contribution < -0.4 is 10.1 Å². The molecule has 0 bridgehead atoms. The molecule has 1 aliphatic carbocycles. The Labute approximate surface area is 124 Å². The maximum absolute atomic E-state index is 12.6. The molecule has 0 aromatic heterocycles. The van der Waals surface area contributed by atoms with Gasteiger partial charge in [-0.1, -0.05) is 25.0 Å². The quantitative estimate of drug-likeness (QED) is 0.841. The van der Waals surface area contributed by atoms with E-state index in [1.807, 2.05) is 24.3 Å². The fraction of sp³-hybridized carbons (Fsp3) is 0.500. The number of benzene rings is 1. The number of carboxylic acid groups (broad SMARTS) is 1. The number of carboxylic acids is 1. The molecule has 2 N–H and O–H groups in total. The number of carbonyl (C=O) groups excluding carboxylic acids is 1. The van der Waals surface area contributed by atoms with Gasteiger partial charge < -0.3 is 15.2 Å². The summed E-state index contributed by atoms with van der Waals surface area (Å²) in [6, 6.07) is 7.59. The van der Waals surface area contributed by atoms with E-state index in [0.29, 0.717) is 0 Å². The Morgan fingerprint density at radius 1 is 1.24 bits per heavy atom. The summed E-state index contributed by atoms with van der Waals surface area (Å²) < 4.78 is 5.15.